The summed E-state index contributed by atoms with van der Waals surface area (Å²) in [4.78, 5) is 11.5. The van der Waals surface area contributed by atoms with E-state index in [4.69, 9.17) is 5.73 Å². The highest BCUT2D eigenvalue weighted by Crippen LogP contribution is 2.30. The van der Waals surface area contributed by atoms with E-state index in [1.54, 1.807) is 30.3 Å². The SMILES string of the molecule is Cl.NC(CCSC(F)(F)F)C(=O)Nc1ccccc1. The van der Waals surface area contributed by atoms with Crippen LogP contribution < -0.4 is 11.1 Å². The zero-order chi connectivity index (χ0) is 13.6. The van der Waals surface area contributed by atoms with Gasteiger partial charge < -0.3 is 11.1 Å². The average molecular weight is 315 g/mol. The van der Waals surface area contributed by atoms with Crippen LogP contribution in [0.3, 0.4) is 0 Å². The number of thioether (sulfide) groups is 1. The van der Waals surface area contributed by atoms with E-state index in [1.165, 1.54) is 0 Å². The Bertz CT molecular complexity index is 389. The Morgan fingerprint density at radius 3 is 2.42 bits per heavy atom. The molecule has 0 radical (unpaired) electrons. The molecule has 0 aliphatic carbocycles. The van der Waals surface area contributed by atoms with Gasteiger partial charge in [0.05, 0.1) is 6.04 Å². The first-order chi connectivity index (χ1) is 8.38. The van der Waals surface area contributed by atoms with Crippen molar-refractivity contribution in [2.45, 2.75) is 18.0 Å². The van der Waals surface area contributed by atoms with Crippen LogP contribution in [-0.2, 0) is 4.79 Å². The number of hydrogen-bond donors (Lipinski definition) is 2. The predicted molar refractivity (Wildman–Crippen MR) is 73.4 cm³/mol. The van der Waals surface area contributed by atoms with Crippen LogP contribution in [0.15, 0.2) is 30.3 Å². The molecule has 1 aromatic carbocycles. The fourth-order valence-electron chi connectivity index (χ4n) is 1.19. The lowest BCUT2D eigenvalue weighted by Crippen LogP contribution is -2.36. The van der Waals surface area contributed by atoms with Crippen molar-refractivity contribution in [3.05, 3.63) is 30.3 Å². The summed E-state index contributed by atoms with van der Waals surface area (Å²) in [5.74, 6) is -0.712. The van der Waals surface area contributed by atoms with Crippen LogP contribution in [0.2, 0.25) is 0 Å². The predicted octanol–water partition coefficient (Wildman–Crippen LogP) is 3.02. The molecule has 1 atom stereocenters. The molecule has 8 heteroatoms. The van der Waals surface area contributed by atoms with E-state index in [2.05, 4.69) is 5.32 Å². The Morgan fingerprint density at radius 2 is 1.89 bits per heavy atom. The quantitative estimate of drug-likeness (QED) is 0.878. The number of halogens is 4. The first-order valence-electron chi connectivity index (χ1n) is 5.20. The van der Waals surface area contributed by atoms with Gasteiger partial charge in [0.25, 0.3) is 0 Å². The lowest BCUT2D eigenvalue weighted by atomic mass is 10.2. The summed E-state index contributed by atoms with van der Waals surface area (Å²) in [6, 6.07) is 7.67. The minimum atomic E-state index is -4.28. The van der Waals surface area contributed by atoms with Gasteiger partial charge in [-0.25, -0.2) is 0 Å². The molecule has 1 amide bonds. The third-order valence-corrected chi connectivity index (χ3v) is 2.84. The van der Waals surface area contributed by atoms with E-state index in [0.717, 1.165) is 0 Å². The van der Waals surface area contributed by atoms with Gasteiger partial charge in [-0.1, -0.05) is 30.0 Å². The molecule has 0 aromatic heterocycles. The molecular formula is C11H14ClF3N2OS. The molecule has 0 saturated heterocycles. The second-order valence-corrected chi connectivity index (χ2v) is 4.70. The summed E-state index contributed by atoms with van der Waals surface area (Å²) in [6.07, 6.45) is -0.0250. The highest BCUT2D eigenvalue weighted by molar-refractivity contribution is 8.00. The molecule has 108 valence electrons. The third-order valence-electron chi connectivity index (χ3n) is 2.07. The van der Waals surface area contributed by atoms with E-state index in [-0.39, 0.29) is 36.3 Å². The van der Waals surface area contributed by atoms with Crippen LogP contribution in [-0.4, -0.2) is 23.2 Å². The van der Waals surface area contributed by atoms with Gasteiger partial charge in [0.15, 0.2) is 0 Å². The number of alkyl halides is 3. The van der Waals surface area contributed by atoms with Crippen LogP contribution in [0.1, 0.15) is 6.42 Å². The number of nitrogens with one attached hydrogen (secondary N) is 1. The van der Waals surface area contributed by atoms with Gasteiger partial charge in [-0.2, -0.15) is 13.2 Å². The summed E-state index contributed by atoms with van der Waals surface area (Å²) >= 11 is -0.174. The Hall–Kier alpha value is -0.920. The number of nitrogens with two attached hydrogens (primary N) is 1. The Labute approximate surface area is 119 Å². The van der Waals surface area contributed by atoms with E-state index >= 15 is 0 Å². The molecule has 1 unspecified atom stereocenters. The van der Waals surface area contributed by atoms with Crippen molar-refractivity contribution in [2.24, 2.45) is 5.73 Å². The zero-order valence-electron chi connectivity index (χ0n) is 9.81. The molecule has 0 aliphatic rings. The van der Waals surface area contributed by atoms with Crippen molar-refractivity contribution in [3.8, 4) is 0 Å². The van der Waals surface area contributed by atoms with Gasteiger partial charge in [-0.05, 0) is 18.6 Å². The number of rotatable bonds is 5. The molecule has 0 bridgehead atoms. The lowest BCUT2D eigenvalue weighted by molar-refractivity contribution is -0.117. The number of anilines is 1. The highest BCUT2D eigenvalue weighted by Gasteiger charge is 2.28. The van der Waals surface area contributed by atoms with Gasteiger partial charge in [0.2, 0.25) is 5.91 Å². The van der Waals surface area contributed by atoms with Crippen LogP contribution in [0.5, 0.6) is 0 Å². The van der Waals surface area contributed by atoms with Gasteiger partial charge >= 0.3 is 5.51 Å². The van der Waals surface area contributed by atoms with Gasteiger partial charge in [-0.3, -0.25) is 4.79 Å². The van der Waals surface area contributed by atoms with Crippen molar-refractivity contribution < 1.29 is 18.0 Å². The van der Waals surface area contributed by atoms with Crippen molar-refractivity contribution >= 4 is 35.8 Å². The maximum absolute atomic E-state index is 11.9. The van der Waals surface area contributed by atoms with Crippen LogP contribution in [0, 0.1) is 0 Å². The number of para-hydroxylation sites is 1. The molecular weight excluding hydrogens is 301 g/mol. The molecule has 1 aromatic rings. The molecule has 0 saturated carbocycles. The second kappa shape index (κ2) is 8.29. The van der Waals surface area contributed by atoms with E-state index < -0.39 is 17.5 Å². The molecule has 0 spiro atoms. The van der Waals surface area contributed by atoms with Gasteiger partial charge in [-0.15, -0.1) is 12.4 Å². The Kier molecular flexibility index (Phi) is 7.89. The van der Waals surface area contributed by atoms with E-state index in [9.17, 15) is 18.0 Å². The number of carbonyl (C=O) groups excluding carboxylic acids is 1. The number of carbonyl (C=O) groups is 1. The second-order valence-electron chi connectivity index (χ2n) is 3.54. The normalized spacial score (nSPS) is 12.4. The number of hydrogen-bond acceptors (Lipinski definition) is 3. The number of amides is 1. The summed E-state index contributed by atoms with van der Waals surface area (Å²) < 4.78 is 35.6. The van der Waals surface area contributed by atoms with Crippen LogP contribution in [0.4, 0.5) is 18.9 Å². The smallest absolute Gasteiger partial charge is 0.325 e. The monoisotopic (exact) mass is 314 g/mol. The van der Waals surface area contributed by atoms with E-state index in [0.29, 0.717) is 5.69 Å². The molecule has 1 rings (SSSR count). The van der Waals surface area contributed by atoms with Gasteiger partial charge in [0, 0.05) is 11.4 Å². The fourth-order valence-corrected chi connectivity index (χ4v) is 1.79. The molecule has 3 N–H and O–H groups in total. The standard InChI is InChI=1S/C11H13F3N2OS.ClH/c12-11(13,14)18-7-6-9(15)10(17)16-8-4-2-1-3-5-8;/h1-5,9H,6-7,15H2,(H,16,17);1H. The number of benzene rings is 1. The molecule has 0 fully saturated rings. The minimum absolute atomic E-state index is 0. The molecule has 19 heavy (non-hydrogen) atoms. The van der Waals surface area contributed by atoms with E-state index in [1.807, 2.05) is 0 Å². The third kappa shape index (κ3) is 7.97. The Morgan fingerprint density at radius 1 is 1.32 bits per heavy atom. The van der Waals surface area contributed by atoms with Crippen LogP contribution >= 0.6 is 24.2 Å². The minimum Gasteiger partial charge on any atom is -0.325 e. The van der Waals surface area contributed by atoms with Gasteiger partial charge in [0.1, 0.15) is 0 Å². The fraction of sp³-hybridized carbons (Fsp3) is 0.364. The highest BCUT2D eigenvalue weighted by atomic mass is 35.5. The first-order valence-corrected chi connectivity index (χ1v) is 6.19. The zero-order valence-corrected chi connectivity index (χ0v) is 11.4. The maximum atomic E-state index is 11.9. The maximum Gasteiger partial charge on any atom is 0.441 e. The van der Waals surface area contributed by atoms with Crippen molar-refractivity contribution in [2.75, 3.05) is 11.1 Å². The summed E-state index contributed by atoms with van der Waals surface area (Å²) in [6.45, 7) is 0. The molecule has 3 nitrogen and oxygen atoms in total. The lowest BCUT2D eigenvalue weighted by Gasteiger charge is -2.12. The topological polar surface area (TPSA) is 55.1 Å². The Balaban J connectivity index is 0.00000324. The van der Waals surface area contributed by atoms with Crippen molar-refractivity contribution in [1.29, 1.82) is 0 Å². The summed E-state index contributed by atoms with van der Waals surface area (Å²) in [5, 5.41) is 2.53. The molecule has 0 aliphatic heterocycles. The summed E-state index contributed by atoms with van der Waals surface area (Å²) in [7, 11) is 0. The average Bonchev–Trinajstić information content (AvgIpc) is 2.28. The largest absolute Gasteiger partial charge is 0.441 e. The first kappa shape index (κ1) is 18.1. The van der Waals surface area contributed by atoms with Crippen molar-refractivity contribution in [3.63, 3.8) is 0 Å². The van der Waals surface area contributed by atoms with Crippen LogP contribution in [0.25, 0.3) is 0 Å². The van der Waals surface area contributed by atoms with Crippen molar-refractivity contribution in [1.82, 2.24) is 0 Å². The molecule has 0 heterocycles. The summed E-state index contributed by atoms with van der Waals surface area (Å²) in [5.41, 5.74) is 1.79.